The number of hydrogen-bond acceptors (Lipinski definition) is 2. The Bertz CT molecular complexity index is 1090. The summed E-state index contributed by atoms with van der Waals surface area (Å²) in [6.07, 6.45) is 5.55. The van der Waals surface area contributed by atoms with Crippen molar-refractivity contribution in [1.82, 2.24) is 0 Å². The highest BCUT2D eigenvalue weighted by molar-refractivity contribution is 6.31. The number of carbonyl (C=O) groups excluding carboxylic acids is 1. The van der Waals surface area contributed by atoms with E-state index in [2.05, 4.69) is 41.0 Å². The van der Waals surface area contributed by atoms with Gasteiger partial charge in [-0.2, -0.15) is 0 Å². The van der Waals surface area contributed by atoms with Gasteiger partial charge in [-0.3, -0.25) is 4.79 Å². The van der Waals surface area contributed by atoms with E-state index >= 15 is 0 Å². The molecule has 0 fully saturated rings. The molecule has 3 unspecified atom stereocenters. The van der Waals surface area contributed by atoms with E-state index in [0.717, 1.165) is 28.4 Å². The fraction of sp³-hybridized carbons (Fsp3) is 0.160. The standard InChI is InChI=1S/C25H21ClN2O/c26-22-12-5-4-9-20(22)24-19-11-6-10-18(19)21-15-17(13-14-23(21)28-24)27-25(29)16-7-2-1-3-8-16/h1-10,12-15,18-19,24,28H,11H2,(H,27,29). The molecular weight excluding hydrogens is 380 g/mol. The molecule has 0 saturated heterocycles. The summed E-state index contributed by atoms with van der Waals surface area (Å²) in [5.41, 5.74) is 4.92. The minimum atomic E-state index is -0.0956. The fourth-order valence-corrected chi connectivity index (χ4v) is 4.75. The fourth-order valence-electron chi connectivity index (χ4n) is 4.50. The molecule has 3 aromatic rings. The lowest BCUT2D eigenvalue weighted by Gasteiger charge is -2.38. The van der Waals surface area contributed by atoms with Crippen molar-refractivity contribution in [2.24, 2.45) is 5.92 Å². The SMILES string of the molecule is O=C(Nc1ccc2c(c1)C1C=CCC1C(c1ccccc1Cl)N2)c1ccccc1. The van der Waals surface area contributed by atoms with Crippen molar-refractivity contribution in [1.29, 1.82) is 0 Å². The van der Waals surface area contributed by atoms with E-state index in [0.29, 0.717) is 17.4 Å². The average molecular weight is 401 g/mol. The number of anilines is 2. The molecule has 3 atom stereocenters. The lowest BCUT2D eigenvalue weighted by molar-refractivity contribution is 0.102. The van der Waals surface area contributed by atoms with E-state index in [-0.39, 0.29) is 11.9 Å². The number of halogens is 1. The van der Waals surface area contributed by atoms with Crippen LogP contribution in [0.25, 0.3) is 0 Å². The maximum Gasteiger partial charge on any atom is 0.255 e. The quantitative estimate of drug-likeness (QED) is 0.498. The summed E-state index contributed by atoms with van der Waals surface area (Å²) in [6, 6.07) is 23.6. The molecule has 3 aromatic carbocycles. The molecule has 0 bridgehead atoms. The number of benzene rings is 3. The van der Waals surface area contributed by atoms with Crippen molar-refractivity contribution in [2.75, 3.05) is 10.6 Å². The number of amides is 1. The largest absolute Gasteiger partial charge is 0.378 e. The molecule has 144 valence electrons. The Balaban J connectivity index is 1.46. The maximum atomic E-state index is 12.5. The van der Waals surface area contributed by atoms with Crippen LogP contribution in [-0.4, -0.2) is 5.91 Å². The molecule has 3 nitrogen and oxygen atoms in total. The summed E-state index contributed by atoms with van der Waals surface area (Å²) in [7, 11) is 0. The van der Waals surface area contributed by atoms with Crippen LogP contribution in [-0.2, 0) is 0 Å². The number of allylic oxidation sites excluding steroid dienone is 2. The van der Waals surface area contributed by atoms with Crippen LogP contribution in [0.1, 0.15) is 39.9 Å². The van der Waals surface area contributed by atoms with Crippen molar-refractivity contribution in [3.05, 3.63) is 107 Å². The zero-order chi connectivity index (χ0) is 19.8. The van der Waals surface area contributed by atoms with Crippen LogP contribution in [0.4, 0.5) is 11.4 Å². The van der Waals surface area contributed by atoms with Gasteiger partial charge in [-0.25, -0.2) is 0 Å². The number of hydrogen-bond donors (Lipinski definition) is 2. The molecule has 0 aromatic heterocycles. The molecule has 0 saturated carbocycles. The Labute approximate surface area is 175 Å². The highest BCUT2D eigenvalue weighted by Gasteiger charge is 2.38. The molecule has 1 aliphatic carbocycles. The van der Waals surface area contributed by atoms with Gasteiger partial charge in [0.2, 0.25) is 0 Å². The predicted molar refractivity (Wildman–Crippen MR) is 119 cm³/mol. The van der Waals surface area contributed by atoms with Crippen molar-refractivity contribution < 1.29 is 4.79 Å². The molecule has 1 heterocycles. The van der Waals surface area contributed by atoms with Crippen LogP contribution in [0.15, 0.2) is 84.9 Å². The van der Waals surface area contributed by atoms with Gasteiger partial charge in [-0.05, 0) is 59.9 Å². The Hall–Kier alpha value is -3.04. The van der Waals surface area contributed by atoms with Gasteiger partial charge >= 0.3 is 0 Å². The van der Waals surface area contributed by atoms with Crippen LogP contribution in [0, 0.1) is 5.92 Å². The predicted octanol–water partition coefficient (Wildman–Crippen LogP) is 6.42. The molecule has 5 rings (SSSR count). The van der Waals surface area contributed by atoms with Gasteiger partial charge in [0.25, 0.3) is 5.91 Å². The normalized spacial score (nSPS) is 21.8. The summed E-state index contributed by atoms with van der Waals surface area (Å²) in [5, 5.41) is 7.53. The van der Waals surface area contributed by atoms with Crippen molar-refractivity contribution in [3.63, 3.8) is 0 Å². The summed E-state index contributed by atoms with van der Waals surface area (Å²) in [6.45, 7) is 0. The Morgan fingerprint density at radius 1 is 0.966 bits per heavy atom. The topological polar surface area (TPSA) is 41.1 Å². The Kier molecular flexibility index (Phi) is 4.61. The summed E-state index contributed by atoms with van der Waals surface area (Å²) >= 11 is 6.51. The average Bonchev–Trinajstić information content (AvgIpc) is 3.25. The third-order valence-corrected chi connectivity index (χ3v) is 6.24. The molecule has 0 spiro atoms. The van der Waals surface area contributed by atoms with Crippen molar-refractivity contribution >= 4 is 28.9 Å². The first-order chi connectivity index (χ1) is 14.2. The van der Waals surface area contributed by atoms with Crippen LogP contribution in [0.2, 0.25) is 5.02 Å². The van der Waals surface area contributed by atoms with Gasteiger partial charge in [0.15, 0.2) is 0 Å². The molecule has 2 N–H and O–H groups in total. The first-order valence-electron chi connectivity index (χ1n) is 9.89. The number of fused-ring (bicyclic) bond motifs is 3. The second-order valence-corrected chi connectivity index (χ2v) is 8.03. The third-order valence-electron chi connectivity index (χ3n) is 5.90. The van der Waals surface area contributed by atoms with Gasteiger partial charge in [0.1, 0.15) is 0 Å². The Morgan fingerprint density at radius 2 is 1.76 bits per heavy atom. The van der Waals surface area contributed by atoms with E-state index in [1.807, 2.05) is 54.6 Å². The first kappa shape index (κ1) is 18.0. The number of nitrogens with one attached hydrogen (secondary N) is 2. The van der Waals surface area contributed by atoms with Gasteiger partial charge in [-0.1, -0.05) is 60.2 Å². The minimum Gasteiger partial charge on any atom is -0.378 e. The Morgan fingerprint density at radius 3 is 2.59 bits per heavy atom. The molecule has 1 amide bonds. The van der Waals surface area contributed by atoms with E-state index in [1.54, 1.807) is 0 Å². The van der Waals surface area contributed by atoms with Crippen LogP contribution in [0.5, 0.6) is 0 Å². The maximum absolute atomic E-state index is 12.5. The van der Waals surface area contributed by atoms with Crippen molar-refractivity contribution in [2.45, 2.75) is 18.4 Å². The van der Waals surface area contributed by atoms with E-state index in [9.17, 15) is 4.79 Å². The zero-order valence-electron chi connectivity index (χ0n) is 15.8. The van der Waals surface area contributed by atoms with Crippen LogP contribution < -0.4 is 10.6 Å². The second-order valence-electron chi connectivity index (χ2n) is 7.62. The summed E-state index contributed by atoms with van der Waals surface area (Å²) in [4.78, 5) is 12.5. The highest BCUT2D eigenvalue weighted by atomic mass is 35.5. The highest BCUT2D eigenvalue weighted by Crippen LogP contribution is 2.51. The van der Waals surface area contributed by atoms with Crippen LogP contribution in [0.3, 0.4) is 0 Å². The van der Waals surface area contributed by atoms with Gasteiger partial charge in [0, 0.05) is 27.9 Å². The molecule has 0 radical (unpaired) electrons. The molecular formula is C25H21ClN2O. The third kappa shape index (κ3) is 3.32. The number of rotatable bonds is 3. The molecule has 1 aliphatic heterocycles. The van der Waals surface area contributed by atoms with Gasteiger partial charge in [0.05, 0.1) is 6.04 Å². The van der Waals surface area contributed by atoms with Crippen LogP contribution >= 0.6 is 11.6 Å². The van der Waals surface area contributed by atoms with E-state index in [4.69, 9.17) is 11.6 Å². The smallest absolute Gasteiger partial charge is 0.255 e. The van der Waals surface area contributed by atoms with E-state index < -0.39 is 0 Å². The summed E-state index contributed by atoms with van der Waals surface area (Å²) in [5.74, 6) is 0.616. The first-order valence-corrected chi connectivity index (χ1v) is 10.3. The van der Waals surface area contributed by atoms with Crippen molar-refractivity contribution in [3.8, 4) is 0 Å². The molecule has 4 heteroatoms. The number of carbonyl (C=O) groups is 1. The second kappa shape index (κ2) is 7.41. The summed E-state index contributed by atoms with van der Waals surface area (Å²) < 4.78 is 0. The van der Waals surface area contributed by atoms with Gasteiger partial charge in [-0.15, -0.1) is 0 Å². The molecule has 29 heavy (non-hydrogen) atoms. The minimum absolute atomic E-state index is 0.0956. The van der Waals surface area contributed by atoms with E-state index in [1.165, 1.54) is 5.56 Å². The lowest BCUT2D eigenvalue weighted by atomic mass is 9.77. The van der Waals surface area contributed by atoms with Gasteiger partial charge < -0.3 is 10.6 Å². The zero-order valence-corrected chi connectivity index (χ0v) is 16.6. The monoisotopic (exact) mass is 400 g/mol. The molecule has 2 aliphatic rings. The lowest BCUT2D eigenvalue weighted by Crippen LogP contribution is -2.29.